The Bertz CT molecular complexity index is 2080. The zero-order chi connectivity index (χ0) is 37.0. The summed E-state index contributed by atoms with van der Waals surface area (Å²) in [5, 5.41) is 3.49. The van der Waals surface area contributed by atoms with Crippen LogP contribution in [0.1, 0.15) is 77.3 Å². The minimum Gasteiger partial charge on any atom is -0.374 e. The van der Waals surface area contributed by atoms with Crippen molar-refractivity contribution in [2.75, 3.05) is 36.0 Å². The predicted molar refractivity (Wildman–Crippen MR) is 206 cm³/mol. The van der Waals surface area contributed by atoms with Gasteiger partial charge in [-0.2, -0.15) is 21.4 Å². The molecule has 2 aliphatic heterocycles. The lowest BCUT2D eigenvalue weighted by atomic mass is 9.81. The van der Waals surface area contributed by atoms with Crippen LogP contribution in [-0.4, -0.2) is 67.4 Å². The molecular weight excluding hydrogens is 683 g/mol. The maximum absolute atomic E-state index is 11.3. The van der Waals surface area contributed by atoms with E-state index in [9.17, 15) is 25.9 Å². The smallest absolute Gasteiger partial charge is 0.264 e. The molecule has 51 heavy (non-hydrogen) atoms. The van der Waals surface area contributed by atoms with Crippen molar-refractivity contribution in [1.82, 2.24) is 5.32 Å². The van der Waals surface area contributed by atoms with Crippen LogP contribution in [-0.2, 0) is 31.1 Å². The van der Waals surface area contributed by atoms with Crippen molar-refractivity contribution in [3.63, 3.8) is 0 Å². The number of benzene rings is 2. The van der Waals surface area contributed by atoms with E-state index in [0.717, 1.165) is 52.5 Å². The van der Waals surface area contributed by atoms with Crippen LogP contribution in [0.4, 0.5) is 11.4 Å². The van der Waals surface area contributed by atoms with Gasteiger partial charge >= 0.3 is 0 Å². The van der Waals surface area contributed by atoms with E-state index in [-0.39, 0.29) is 22.3 Å². The number of nitrogens with one attached hydrogen (secondary N) is 1. The van der Waals surface area contributed by atoms with Gasteiger partial charge in [0.15, 0.2) is 5.71 Å². The van der Waals surface area contributed by atoms with Gasteiger partial charge < -0.3 is 10.2 Å². The van der Waals surface area contributed by atoms with Crippen molar-refractivity contribution >= 4 is 37.3 Å². The van der Waals surface area contributed by atoms with E-state index in [2.05, 4.69) is 97.0 Å². The highest BCUT2D eigenvalue weighted by molar-refractivity contribution is 7.86. The Labute approximate surface area is 304 Å². The molecule has 0 spiro atoms. The topological polar surface area (TPSA) is 127 Å². The second-order valence-corrected chi connectivity index (χ2v) is 17.6. The molecule has 0 fully saturated rings. The normalized spacial score (nSPS) is 19.7. The standard InChI is InChI=1S/C40H49N3O6S2/c1-6-25-41-38-30(21-23-36-39(2,3)32-15-7-9-17-34(32)42(36)26-11-13-28-50(44,45)46)19-20-31(38)22-24-37-40(4,5)33-16-8-10-18-35(33)43(37)27-12-14-29-51(47,48)49/h1,7-10,15-18,21-24H,11-14,19-20,25-29H2,2-5H3,(H2,44,45,46,47,48,49)/p+1/b30-21-,36-23-. The zero-order valence-corrected chi connectivity index (χ0v) is 31.7. The van der Waals surface area contributed by atoms with Gasteiger partial charge in [0.05, 0.1) is 23.5 Å². The number of para-hydroxylation sites is 2. The van der Waals surface area contributed by atoms with E-state index in [1.165, 1.54) is 11.1 Å². The van der Waals surface area contributed by atoms with E-state index >= 15 is 0 Å². The molecule has 3 N–H and O–H groups in total. The van der Waals surface area contributed by atoms with Crippen LogP contribution in [0.5, 0.6) is 0 Å². The SMILES string of the molecule is C#CCNC1=C(/C=C/C2=[N+](CCCCS(=O)(=O)O)c3ccccc3C2(C)C)CC/C1=C/C=C1\N(CCCCS(=O)(=O)O)c2ccccc2C1(C)C. The molecule has 0 aromatic heterocycles. The Morgan fingerprint density at radius 2 is 1.49 bits per heavy atom. The van der Waals surface area contributed by atoms with E-state index in [1.54, 1.807) is 0 Å². The number of nitrogens with zero attached hydrogens (tertiary/aromatic N) is 2. The van der Waals surface area contributed by atoms with Crippen molar-refractivity contribution in [3.05, 3.63) is 107 Å². The van der Waals surface area contributed by atoms with Crippen LogP contribution in [0, 0.1) is 12.3 Å². The number of anilines is 1. The monoisotopic (exact) mass is 732 g/mol. The highest BCUT2D eigenvalue weighted by Gasteiger charge is 2.44. The van der Waals surface area contributed by atoms with E-state index < -0.39 is 20.2 Å². The van der Waals surface area contributed by atoms with Crippen LogP contribution < -0.4 is 10.2 Å². The first-order valence-corrected chi connectivity index (χ1v) is 20.8. The van der Waals surface area contributed by atoms with Gasteiger partial charge in [0.1, 0.15) is 6.54 Å². The summed E-state index contributed by atoms with van der Waals surface area (Å²) in [5.41, 5.74) is 9.63. The average Bonchev–Trinajstić information content (AvgIpc) is 3.62. The molecule has 11 heteroatoms. The first kappa shape index (κ1) is 38.3. The number of rotatable bonds is 15. The Hall–Kier alpha value is -3.95. The van der Waals surface area contributed by atoms with Crippen LogP contribution in [0.2, 0.25) is 0 Å². The second kappa shape index (κ2) is 15.3. The highest BCUT2D eigenvalue weighted by Crippen LogP contribution is 2.48. The summed E-state index contributed by atoms with van der Waals surface area (Å²) in [4.78, 5) is 2.27. The number of terminal acetylenes is 1. The molecule has 0 saturated carbocycles. The maximum atomic E-state index is 11.3. The molecule has 0 atom stereocenters. The fourth-order valence-corrected chi connectivity index (χ4v) is 8.79. The van der Waals surface area contributed by atoms with Gasteiger partial charge in [-0.15, -0.1) is 6.42 Å². The average molecular weight is 733 g/mol. The maximum Gasteiger partial charge on any atom is 0.264 e. The predicted octanol–water partition coefficient (Wildman–Crippen LogP) is 6.83. The summed E-state index contributed by atoms with van der Waals surface area (Å²) in [7, 11) is -8.02. The van der Waals surface area contributed by atoms with E-state index in [1.807, 2.05) is 24.3 Å². The summed E-state index contributed by atoms with van der Waals surface area (Å²) in [5.74, 6) is 2.21. The van der Waals surface area contributed by atoms with Crippen molar-refractivity contribution < 1.29 is 30.5 Å². The summed E-state index contributed by atoms with van der Waals surface area (Å²) in [6.45, 7) is 10.5. The van der Waals surface area contributed by atoms with Crippen LogP contribution >= 0.6 is 0 Å². The molecule has 3 aliphatic rings. The van der Waals surface area contributed by atoms with Gasteiger partial charge in [0, 0.05) is 53.2 Å². The Morgan fingerprint density at radius 3 is 2.18 bits per heavy atom. The molecule has 1 aliphatic carbocycles. The summed E-state index contributed by atoms with van der Waals surface area (Å²) in [6, 6.07) is 16.6. The molecule has 0 saturated heterocycles. The van der Waals surface area contributed by atoms with Gasteiger partial charge in [-0.1, -0.05) is 68.3 Å². The third-order valence-corrected chi connectivity index (χ3v) is 11.8. The summed E-state index contributed by atoms with van der Waals surface area (Å²) >= 11 is 0. The van der Waals surface area contributed by atoms with E-state index in [0.29, 0.717) is 45.3 Å². The molecule has 0 radical (unpaired) electrons. The van der Waals surface area contributed by atoms with Crippen LogP contribution in [0.15, 0.2) is 95.4 Å². The molecule has 0 unspecified atom stereocenters. The molecular formula is C40H50N3O6S2+. The third-order valence-electron chi connectivity index (χ3n) is 10.2. The van der Waals surface area contributed by atoms with Gasteiger partial charge in [0.25, 0.3) is 20.2 Å². The molecule has 0 bridgehead atoms. The van der Waals surface area contributed by atoms with Crippen LogP contribution in [0.3, 0.4) is 0 Å². The largest absolute Gasteiger partial charge is 0.374 e. The zero-order valence-electron chi connectivity index (χ0n) is 30.0. The molecule has 9 nitrogen and oxygen atoms in total. The highest BCUT2D eigenvalue weighted by atomic mass is 32.2. The minimum atomic E-state index is -4.01. The Kier molecular flexibility index (Phi) is 11.5. The second-order valence-electron chi connectivity index (χ2n) is 14.5. The first-order valence-electron chi connectivity index (χ1n) is 17.6. The number of hydrogen-bond donors (Lipinski definition) is 3. The van der Waals surface area contributed by atoms with Crippen molar-refractivity contribution in [2.24, 2.45) is 0 Å². The van der Waals surface area contributed by atoms with Crippen molar-refractivity contribution in [3.8, 4) is 12.3 Å². The number of allylic oxidation sites excluding steroid dienone is 7. The minimum absolute atomic E-state index is 0.255. The van der Waals surface area contributed by atoms with Gasteiger partial charge in [-0.25, -0.2) is 0 Å². The molecule has 0 amide bonds. The molecule has 5 rings (SSSR count). The summed E-state index contributed by atoms with van der Waals surface area (Å²) in [6.07, 6.45) is 18.0. The lowest BCUT2D eigenvalue weighted by Gasteiger charge is -2.27. The van der Waals surface area contributed by atoms with Crippen molar-refractivity contribution in [2.45, 2.75) is 77.0 Å². The van der Waals surface area contributed by atoms with E-state index in [4.69, 9.17) is 6.42 Å². The Morgan fingerprint density at radius 1 is 0.843 bits per heavy atom. The third kappa shape index (κ3) is 8.75. The van der Waals surface area contributed by atoms with Crippen molar-refractivity contribution in [1.29, 1.82) is 0 Å². The lowest BCUT2D eigenvalue weighted by Crippen LogP contribution is -2.28. The molecule has 2 aromatic carbocycles. The fourth-order valence-electron chi connectivity index (χ4n) is 7.66. The number of fused-ring (bicyclic) bond motifs is 2. The first-order chi connectivity index (χ1) is 24.0. The van der Waals surface area contributed by atoms with Crippen LogP contribution in [0.25, 0.3) is 0 Å². The molecule has 2 heterocycles. The number of unbranched alkanes of at least 4 members (excludes halogenated alkanes) is 2. The summed E-state index contributed by atoms with van der Waals surface area (Å²) < 4.78 is 66.1. The lowest BCUT2D eigenvalue weighted by molar-refractivity contribution is -0.438. The van der Waals surface area contributed by atoms with Gasteiger partial charge in [-0.05, 0) is 74.8 Å². The number of hydrogen-bond acceptors (Lipinski definition) is 6. The quantitative estimate of drug-likeness (QED) is 0.0788. The Balaban J connectivity index is 1.48. The molecule has 2 aromatic rings. The van der Waals surface area contributed by atoms with Gasteiger partial charge in [-0.3, -0.25) is 9.11 Å². The van der Waals surface area contributed by atoms with Gasteiger partial charge in [0.2, 0.25) is 5.69 Å². The fraction of sp³-hybridized carbons (Fsp3) is 0.425. The molecule has 272 valence electrons.